The monoisotopic (exact) mass is 374 g/mol. The number of hydrogen-bond donors (Lipinski definition) is 2. The Kier molecular flexibility index (Phi) is 4.30. The number of aliphatic hydroxyl groups is 1. The molecule has 4 heteroatoms. The maximum absolute atomic E-state index is 11.0. The fraction of sp³-hybridized carbons (Fsp3) is 0.565. The molecule has 4 nitrogen and oxygen atoms in total. The lowest BCUT2D eigenvalue weighted by atomic mass is 9.71. The van der Waals surface area contributed by atoms with Gasteiger partial charge in [-0.3, -0.25) is 0 Å². The zero-order valence-corrected chi connectivity index (χ0v) is 16.2. The van der Waals surface area contributed by atoms with E-state index in [0.717, 1.165) is 49.7 Å². The molecule has 1 aromatic rings. The minimum atomic E-state index is -1.01. The largest absolute Gasteiger partial charge is 0.507 e. The Morgan fingerprint density at radius 2 is 1.96 bits per heavy atom. The number of benzene rings is 1. The molecule has 0 radical (unpaired) electrons. The van der Waals surface area contributed by atoms with E-state index in [2.05, 4.69) is 13.8 Å². The third-order valence-corrected chi connectivity index (χ3v) is 5.97. The number of aryl methyl sites for hydroxylation is 1. The first-order valence-corrected chi connectivity index (χ1v) is 10.1. The lowest BCUT2D eigenvalue weighted by Gasteiger charge is -2.29. The molecule has 0 aromatic heterocycles. The van der Waals surface area contributed by atoms with Crippen LogP contribution in [0, 0.1) is 0 Å². The van der Waals surface area contributed by atoms with Gasteiger partial charge in [0.2, 0.25) is 0 Å². The van der Waals surface area contributed by atoms with E-state index in [1.54, 1.807) is 12.1 Å². The fourth-order valence-corrected chi connectivity index (χ4v) is 4.51. The number of rotatable bonds is 6. The van der Waals surface area contributed by atoms with Gasteiger partial charge in [-0.05, 0) is 49.3 Å². The van der Waals surface area contributed by atoms with Crippen LogP contribution >= 0.6 is 0 Å². The standard InChI is InChI=1S/C23H30O4/c1-3-5-7-15-9-11-17(24)19-21(15)26-13-23(19)14-27-22-16(8-6-4-2)10-12-18(25)20(22)23/h9-11,18,24-25H,3-8,12-14H2,1-2H3/t18?,23-/m1/s1/i11T,12T/t12?,18?,23-. The van der Waals surface area contributed by atoms with E-state index in [-0.39, 0.29) is 25.0 Å². The lowest BCUT2D eigenvalue weighted by molar-refractivity contribution is 0.166. The Balaban J connectivity index is 1.85. The second-order valence-electron chi connectivity index (χ2n) is 7.81. The molecule has 0 amide bonds. The van der Waals surface area contributed by atoms with Crippen molar-refractivity contribution in [3.05, 3.63) is 46.2 Å². The van der Waals surface area contributed by atoms with Crippen molar-refractivity contribution in [1.82, 2.24) is 0 Å². The highest BCUT2D eigenvalue weighted by atomic mass is 16.5. The van der Waals surface area contributed by atoms with Gasteiger partial charge in [0.15, 0.2) is 0 Å². The Hall–Kier alpha value is -1.94. The number of phenols is 1. The first kappa shape index (κ1) is 16.1. The van der Waals surface area contributed by atoms with E-state index in [0.29, 0.717) is 22.6 Å². The average Bonchev–Trinajstić information content (AvgIpc) is 3.28. The van der Waals surface area contributed by atoms with Gasteiger partial charge in [-0.2, -0.15) is 0 Å². The fourth-order valence-electron chi connectivity index (χ4n) is 4.51. The lowest BCUT2D eigenvalue weighted by Crippen LogP contribution is -2.37. The zero-order chi connectivity index (χ0) is 20.8. The molecule has 4 rings (SSSR count). The number of phenolic OH excluding ortho intramolecular Hbond substituents is 1. The van der Waals surface area contributed by atoms with Gasteiger partial charge in [0.1, 0.15) is 30.5 Å². The molecule has 1 aliphatic carbocycles. The quantitative estimate of drug-likeness (QED) is 0.768. The highest BCUT2D eigenvalue weighted by molar-refractivity contribution is 5.63. The maximum Gasteiger partial charge on any atom is 0.130 e. The molecule has 3 atom stereocenters. The average molecular weight is 375 g/mol. The Morgan fingerprint density at radius 3 is 2.74 bits per heavy atom. The number of fused-ring (bicyclic) bond motifs is 3. The van der Waals surface area contributed by atoms with Crippen molar-refractivity contribution in [1.29, 1.82) is 0 Å². The van der Waals surface area contributed by atoms with Crippen molar-refractivity contribution in [2.45, 2.75) is 70.3 Å². The number of allylic oxidation sites excluding steroid dienone is 1. The molecule has 1 aromatic carbocycles. The predicted molar refractivity (Wildman–Crippen MR) is 105 cm³/mol. The first-order chi connectivity index (χ1) is 13.9. The Bertz CT molecular complexity index is 876. The topological polar surface area (TPSA) is 58.9 Å². The summed E-state index contributed by atoms with van der Waals surface area (Å²) < 4.78 is 28.9. The second-order valence-corrected chi connectivity index (χ2v) is 7.81. The van der Waals surface area contributed by atoms with E-state index in [9.17, 15) is 10.2 Å². The third-order valence-electron chi connectivity index (χ3n) is 5.97. The van der Waals surface area contributed by atoms with Crippen LogP contribution in [0.15, 0.2) is 35.1 Å². The van der Waals surface area contributed by atoms with Gasteiger partial charge in [-0.25, -0.2) is 0 Å². The van der Waals surface area contributed by atoms with Gasteiger partial charge in [0.25, 0.3) is 0 Å². The molecule has 0 saturated carbocycles. The van der Waals surface area contributed by atoms with Crippen LogP contribution < -0.4 is 4.74 Å². The summed E-state index contributed by atoms with van der Waals surface area (Å²) in [6.07, 6.45) is 5.60. The molecule has 0 bridgehead atoms. The Morgan fingerprint density at radius 1 is 1.22 bits per heavy atom. The van der Waals surface area contributed by atoms with Gasteiger partial charge >= 0.3 is 0 Å². The van der Waals surface area contributed by atoms with Crippen molar-refractivity contribution in [3.8, 4) is 11.5 Å². The van der Waals surface area contributed by atoms with Crippen LogP contribution in [0.1, 0.15) is 66.2 Å². The van der Waals surface area contributed by atoms with Gasteiger partial charge in [0, 0.05) is 6.94 Å². The number of hydrogen-bond acceptors (Lipinski definition) is 4. The van der Waals surface area contributed by atoms with Crippen LogP contribution in [0.2, 0.25) is 0 Å². The van der Waals surface area contributed by atoms with Crippen LogP contribution in [0.25, 0.3) is 0 Å². The van der Waals surface area contributed by atoms with Crippen molar-refractivity contribution >= 4 is 0 Å². The summed E-state index contributed by atoms with van der Waals surface area (Å²) >= 11 is 0. The SMILES string of the molecule is [3H]c1cc(CCCC)c2c(c1O)[C@]1(COC3=C1C(O)C([3H])C=C3CCCC)CO2. The summed E-state index contributed by atoms with van der Waals surface area (Å²) in [7, 11) is 0. The molecule has 2 aliphatic heterocycles. The van der Waals surface area contributed by atoms with Crippen LogP contribution in [-0.2, 0) is 16.6 Å². The third kappa shape index (κ3) is 2.85. The van der Waals surface area contributed by atoms with Crippen LogP contribution in [-0.4, -0.2) is 29.5 Å². The van der Waals surface area contributed by atoms with E-state index in [4.69, 9.17) is 12.2 Å². The Labute approximate surface area is 164 Å². The van der Waals surface area contributed by atoms with Gasteiger partial charge in [0.05, 0.1) is 18.5 Å². The summed E-state index contributed by atoms with van der Waals surface area (Å²) in [4.78, 5) is 0. The molecule has 27 heavy (non-hydrogen) atoms. The van der Waals surface area contributed by atoms with Gasteiger partial charge < -0.3 is 19.7 Å². The van der Waals surface area contributed by atoms with Crippen molar-refractivity contribution in [2.24, 2.45) is 0 Å². The highest BCUT2D eigenvalue weighted by Crippen LogP contribution is 2.56. The summed E-state index contributed by atoms with van der Waals surface area (Å²) in [5.41, 5.74) is 2.25. The van der Waals surface area contributed by atoms with Crippen molar-refractivity contribution in [2.75, 3.05) is 13.2 Å². The first-order valence-electron chi connectivity index (χ1n) is 11.2. The van der Waals surface area contributed by atoms with E-state index >= 15 is 0 Å². The number of aromatic hydroxyl groups is 1. The summed E-state index contributed by atoms with van der Waals surface area (Å²) in [5.74, 6) is 1.19. The molecule has 2 N–H and O–H groups in total. The normalized spacial score (nSPS) is 29.7. The summed E-state index contributed by atoms with van der Waals surface area (Å²) in [5, 5.41) is 21.8. The summed E-state index contributed by atoms with van der Waals surface area (Å²) in [6.45, 7) is 4.74. The zero-order valence-electron chi connectivity index (χ0n) is 18.2. The highest BCUT2D eigenvalue weighted by Gasteiger charge is 2.55. The van der Waals surface area contributed by atoms with E-state index in [1.807, 2.05) is 0 Å². The predicted octanol–water partition coefficient (Wildman–Crippen LogP) is 4.53. The van der Waals surface area contributed by atoms with Crippen LogP contribution in [0.3, 0.4) is 0 Å². The number of aliphatic hydroxyl groups excluding tert-OH is 1. The number of ether oxygens (including phenoxy) is 2. The minimum Gasteiger partial charge on any atom is -0.507 e. The van der Waals surface area contributed by atoms with Crippen LogP contribution in [0.4, 0.5) is 0 Å². The van der Waals surface area contributed by atoms with E-state index in [1.165, 1.54) is 0 Å². The molecule has 146 valence electrons. The molecule has 0 saturated heterocycles. The molecular formula is C23H30O4. The van der Waals surface area contributed by atoms with Crippen molar-refractivity contribution < 1.29 is 22.4 Å². The smallest absolute Gasteiger partial charge is 0.130 e. The van der Waals surface area contributed by atoms with Gasteiger partial charge in [-0.15, -0.1) is 0 Å². The molecular weight excluding hydrogens is 340 g/mol. The van der Waals surface area contributed by atoms with Gasteiger partial charge in [-0.1, -0.05) is 38.8 Å². The molecule has 0 fully saturated rings. The summed E-state index contributed by atoms with van der Waals surface area (Å²) in [6, 6.07) is 1.76. The van der Waals surface area contributed by atoms with Crippen molar-refractivity contribution in [3.63, 3.8) is 0 Å². The molecule has 3 aliphatic rings. The number of unbranched alkanes of at least 4 members (excludes halogenated alkanes) is 2. The molecule has 1 spiro atoms. The molecule has 2 heterocycles. The molecule has 2 unspecified atom stereocenters. The second kappa shape index (κ2) is 7.23. The maximum atomic E-state index is 11.0. The minimum absolute atomic E-state index is 0.0725. The van der Waals surface area contributed by atoms with Crippen LogP contribution in [0.5, 0.6) is 11.5 Å². The van der Waals surface area contributed by atoms with E-state index < -0.39 is 17.9 Å².